The van der Waals surface area contributed by atoms with Crippen molar-refractivity contribution in [2.45, 2.75) is 0 Å². The van der Waals surface area contributed by atoms with Crippen LogP contribution in [0.4, 0.5) is 8.78 Å². The zero-order valence-electron chi connectivity index (χ0n) is 8.14. The van der Waals surface area contributed by atoms with Crippen LogP contribution < -0.4 is 0 Å². The molecule has 1 amide bonds. The summed E-state index contributed by atoms with van der Waals surface area (Å²) in [4.78, 5) is 12.8. The Labute approximate surface area is 91.4 Å². The Morgan fingerprint density at radius 3 is 2.73 bits per heavy atom. The number of amides is 1. The van der Waals surface area contributed by atoms with Crippen molar-refractivity contribution < 1.29 is 13.6 Å². The lowest BCUT2D eigenvalue weighted by molar-refractivity contribution is 0.0798. The molecule has 0 atom stereocenters. The monoisotopic (exact) mass is 233 g/mol. The molecule has 15 heavy (non-hydrogen) atoms. The molecule has 0 aliphatic heterocycles. The van der Waals surface area contributed by atoms with Crippen molar-refractivity contribution in [1.29, 1.82) is 0 Å². The largest absolute Gasteiger partial charge is 0.340 e. The first kappa shape index (κ1) is 11.9. The number of hydrogen-bond donors (Lipinski definition) is 0. The van der Waals surface area contributed by atoms with E-state index >= 15 is 0 Å². The Bertz CT molecular complexity index is 370. The quantitative estimate of drug-likeness (QED) is 0.734. The molecule has 5 heteroatoms. The van der Waals surface area contributed by atoms with Gasteiger partial charge in [-0.15, -0.1) is 11.6 Å². The van der Waals surface area contributed by atoms with Crippen LogP contribution in [0.3, 0.4) is 0 Å². The van der Waals surface area contributed by atoms with Gasteiger partial charge in [-0.3, -0.25) is 4.79 Å². The fraction of sp³-hybridized carbons (Fsp3) is 0.300. The summed E-state index contributed by atoms with van der Waals surface area (Å²) in [5, 5.41) is 0. The van der Waals surface area contributed by atoms with Crippen LogP contribution in [-0.4, -0.2) is 30.3 Å². The molecule has 1 aromatic rings. The number of carbonyl (C=O) groups excluding carboxylic acids is 1. The Kier molecular flexibility index (Phi) is 4.03. The van der Waals surface area contributed by atoms with Gasteiger partial charge < -0.3 is 4.90 Å². The van der Waals surface area contributed by atoms with E-state index in [2.05, 4.69) is 0 Å². The second-order valence-corrected chi connectivity index (χ2v) is 3.42. The van der Waals surface area contributed by atoms with Crippen LogP contribution in [0, 0.1) is 11.6 Å². The Morgan fingerprint density at radius 1 is 1.47 bits per heavy atom. The topological polar surface area (TPSA) is 20.3 Å². The van der Waals surface area contributed by atoms with Gasteiger partial charge in [0.25, 0.3) is 5.91 Å². The van der Waals surface area contributed by atoms with Crippen molar-refractivity contribution in [3.05, 3.63) is 35.4 Å². The molecule has 0 spiro atoms. The van der Waals surface area contributed by atoms with Gasteiger partial charge in [-0.25, -0.2) is 8.78 Å². The van der Waals surface area contributed by atoms with Crippen molar-refractivity contribution >= 4 is 17.5 Å². The van der Waals surface area contributed by atoms with Crippen molar-refractivity contribution in [3.8, 4) is 0 Å². The number of halogens is 3. The minimum atomic E-state index is -0.733. The molecule has 0 fully saturated rings. The van der Waals surface area contributed by atoms with Crippen LogP contribution in [0.2, 0.25) is 0 Å². The molecule has 0 saturated heterocycles. The lowest BCUT2D eigenvalue weighted by Crippen LogP contribution is -2.29. The summed E-state index contributed by atoms with van der Waals surface area (Å²) >= 11 is 5.44. The molecule has 0 heterocycles. The second kappa shape index (κ2) is 5.07. The predicted octanol–water partition coefficient (Wildman–Crippen LogP) is 2.28. The highest BCUT2D eigenvalue weighted by Crippen LogP contribution is 2.11. The van der Waals surface area contributed by atoms with Crippen LogP contribution >= 0.6 is 11.6 Å². The smallest absolute Gasteiger partial charge is 0.256 e. The summed E-state index contributed by atoms with van der Waals surface area (Å²) in [5.41, 5.74) is -0.275. The van der Waals surface area contributed by atoms with E-state index in [-0.39, 0.29) is 18.0 Å². The zero-order chi connectivity index (χ0) is 11.4. The summed E-state index contributed by atoms with van der Waals surface area (Å²) < 4.78 is 26.0. The van der Waals surface area contributed by atoms with Gasteiger partial charge in [0.2, 0.25) is 0 Å². The maximum atomic E-state index is 13.2. The number of benzene rings is 1. The van der Waals surface area contributed by atoms with Gasteiger partial charge in [0.1, 0.15) is 11.6 Å². The first-order valence-electron chi connectivity index (χ1n) is 4.32. The van der Waals surface area contributed by atoms with Crippen molar-refractivity contribution in [2.75, 3.05) is 19.5 Å². The van der Waals surface area contributed by atoms with Crippen LogP contribution in [0.15, 0.2) is 18.2 Å². The van der Waals surface area contributed by atoms with E-state index in [1.165, 1.54) is 11.9 Å². The molecule has 0 saturated carbocycles. The minimum Gasteiger partial charge on any atom is -0.340 e. The third-order valence-corrected chi connectivity index (χ3v) is 2.09. The van der Waals surface area contributed by atoms with Gasteiger partial charge in [0, 0.05) is 19.5 Å². The van der Waals surface area contributed by atoms with E-state index in [0.29, 0.717) is 0 Å². The fourth-order valence-corrected chi connectivity index (χ4v) is 1.35. The highest BCUT2D eigenvalue weighted by atomic mass is 35.5. The Morgan fingerprint density at radius 2 is 2.13 bits per heavy atom. The van der Waals surface area contributed by atoms with E-state index in [1.807, 2.05) is 0 Å². The van der Waals surface area contributed by atoms with Crippen molar-refractivity contribution in [2.24, 2.45) is 0 Å². The molecule has 1 rings (SSSR count). The van der Waals surface area contributed by atoms with Gasteiger partial charge >= 0.3 is 0 Å². The normalized spacial score (nSPS) is 10.1. The number of carbonyl (C=O) groups is 1. The van der Waals surface area contributed by atoms with Crippen LogP contribution in [0.1, 0.15) is 10.4 Å². The summed E-state index contributed by atoms with van der Waals surface area (Å²) in [5.74, 6) is -1.70. The van der Waals surface area contributed by atoms with Crippen LogP contribution in [0.5, 0.6) is 0 Å². The Hall–Kier alpha value is -1.16. The Balaban J connectivity index is 2.95. The molecule has 0 N–H and O–H groups in total. The van der Waals surface area contributed by atoms with Gasteiger partial charge in [-0.2, -0.15) is 0 Å². The molecule has 0 aliphatic carbocycles. The molecule has 0 unspecified atom stereocenters. The van der Waals surface area contributed by atoms with E-state index in [4.69, 9.17) is 11.6 Å². The average Bonchev–Trinajstić information content (AvgIpc) is 2.21. The first-order chi connectivity index (χ1) is 7.06. The molecular weight excluding hydrogens is 224 g/mol. The summed E-state index contributed by atoms with van der Waals surface area (Å²) in [6, 6.07) is 2.77. The lowest BCUT2D eigenvalue weighted by atomic mass is 10.2. The van der Waals surface area contributed by atoms with Crippen molar-refractivity contribution in [1.82, 2.24) is 4.90 Å². The molecule has 2 nitrogen and oxygen atoms in total. The van der Waals surface area contributed by atoms with Gasteiger partial charge in [-0.05, 0) is 18.2 Å². The highest BCUT2D eigenvalue weighted by Gasteiger charge is 2.16. The van der Waals surface area contributed by atoms with E-state index in [0.717, 1.165) is 18.2 Å². The zero-order valence-corrected chi connectivity index (χ0v) is 8.89. The third kappa shape index (κ3) is 2.89. The SMILES string of the molecule is CN(CCCl)C(=O)c1cc(F)ccc1F. The van der Waals surface area contributed by atoms with Crippen LogP contribution in [-0.2, 0) is 0 Å². The predicted molar refractivity (Wildman–Crippen MR) is 54.0 cm³/mol. The maximum absolute atomic E-state index is 13.2. The molecule has 0 aromatic heterocycles. The molecule has 0 bridgehead atoms. The summed E-state index contributed by atoms with van der Waals surface area (Å²) in [6.07, 6.45) is 0. The van der Waals surface area contributed by atoms with Gasteiger partial charge in [-0.1, -0.05) is 0 Å². The number of hydrogen-bond acceptors (Lipinski definition) is 1. The van der Waals surface area contributed by atoms with Crippen molar-refractivity contribution in [3.63, 3.8) is 0 Å². The van der Waals surface area contributed by atoms with Crippen LogP contribution in [0.25, 0.3) is 0 Å². The molecule has 82 valence electrons. The molecule has 0 aliphatic rings. The first-order valence-corrected chi connectivity index (χ1v) is 4.86. The highest BCUT2D eigenvalue weighted by molar-refractivity contribution is 6.18. The summed E-state index contributed by atoms with van der Waals surface area (Å²) in [7, 11) is 1.48. The summed E-state index contributed by atoms with van der Waals surface area (Å²) in [6.45, 7) is 0.288. The third-order valence-electron chi connectivity index (χ3n) is 1.93. The molecule has 1 aromatic carbocycles. The number of nitrogens with zero attached hydrogens (tertiary/aromatic N) is 1. The number of alkyl halides is 1. The fourth-order valence-electron chi connectivity index (χ4n) is 1.10. The average molecular weight is 234 g/mol. The molecular formula is C10H10ClF2NO. The molecule has 0 radical (unpaired) electrons. The van der Waals surface area contributed by atoms with Gasteiger partial charge in [0.05, 0.1) is 5.56 Å². The van der Waals surface area contributed by atoms with E-state index in [1.54, 1.807) is 0 Å². The maximum Gasteiger partial charge on any atom is 0.256 e. The van der Waals surface area contributed by atoms with E-state index in [9.17, 15) is 13.6 Å². The second-order valence-electron chi connectivity index (χ2n) is 3.04. The standard InChI is InChI=1S/C10H10ClF2NO/c1-14(5-4-11)10(15)8-6-7(12)2-3-9(8)13/h2-3,6H,4-5H2,1H3. The lowest BCUT2D eigenvalue weighted by Gasteiger charge is -2.15. The minimum absolute atomic E-state index is 0.249. The number of rotatable bonds is 3. The van der Waals surface area contributed by atoms with E-state index < -0.39 is 17.5 Å². The van der Waals surface area contributed by atoms with Gasteiger partial charge in [0.15, 0.2) is 0 Å².